The van der Waals surface area contributed by atoms with Gasteiger partial charge < -0.3 is 14.2 Å². The van der Waals surface area contributed by atoms with Crippen LogP contribution in [0.4, 0.5) is 11.4 Å². The van der Waals surface area contributed by atoms with Crippen LogP contribution in [0.1, 0.15) is 17.2 Å². The van der Waals surface area contributed by atoms with Crippen molar-refractivity contribution in [3.05, 3.63) is 77.9 Å². The van der Waals surface area contributed by atoms with Crippen LogP contribution in [0.2, 0.25) is 0 Å². The van der Waals surface area contributed by atoms with Gasteiger partial charge in [-0.2, -0.15) is 0 Å². The molecule has 0 spiro atoms. The first kappa shape index (κ1) is 22.7. The summed E-state index contributed by atoms with van der Waals surface area (Å²) in [6.07, 6.45) is -0.965. The molecular weight excluding hydrogens is 448 g/mol. The lowest BCUT2D eigenvalue weighted by Crippen LogP contribution is -2.37. The van der Waals surface area contributed by atoms with Gasteiger partial charge in [-0.25, -0.2) is 9.96 Å². The van der Waals surface area contributed by atoms with Gasteiger partial charge in [0.15, 0.2) is 17.6 Å². The molecule has 0 N–H and O–H groups in total. The molecule has 2 amide bonds. The van der Waals surface area contributed by atoms with Crippen molar-refractivity contribution in [1.82, 2.24) is 0 Å². The normalized spacial score (nSPS) is 21.3. The minimum atomic E-state index is -0.965. The van der Waals surface area contributed by atoms with E-state index >= 15 is 0 Å². The van der Waals surface area contributed by atoms with Gasteiger partial charge in [0, 0.05) is 0 Å². The molecule has 0 unspecified atom stereocenters. The highest BCUT2D eigenvalue weighted by Gasteiger charge is 2.60. The summed E-state index contributed by atoms with van der Waals surface area (Å²) in [6.45, 7) is 1.95. The van der Waals surface area contributed by atoms with Crippen molar-refractivity contribution >= 4 is 23.2 Å². The van der Waals surface area contributed by atoms with Crippen LogP contribution in [0.15, 0.2) is 66.7 Å². The molecule has 0 saturated carbocycles. The Bertz CT molecular complexity index is 1240. The summed E-state index contributed by atoms with van der Waals surface area (Å²) in [7, 11) is 4.60. The number of fused-ring (bicyclic) bond motifs is 1. The Labute approximate surface area is 203 Å². The van der Waals surface area contributed by atoms with Gasteiger partial charge in [0.2, 0.25) is 11.7 Å². The lowest BCUT2D eigenvalue weighted by molar-refractivity contribution is -0.126. The molecule has 180 valence electrons. The molecule has 0 bridgehead atoms. The van der Waals surface area contributed by atoms with Crippen molar-refractivity contribution in [1.29, 1.82) is 0 Å². The molecule has 8 nitrogen and oxygen atoms in total. The van der Waals surface area contributed by atoms with E-state index in [1.807, 2.05) is 49.4 Å². The predicted molar refractivity (Wildman–Crippen MR) is 130 cm³/mol. The zero-order valence-electron chi connectivity index (χ0n) is 19.9. The number of rotatable bonds is 6. The number of imide groups is 1. The fourth-order valence-electron chi connectivity index (χ4n) is 4.77. The lowest BCUT2D eigenvalue weighted by atomic mass is 9.90. The summed E-state index contributed by atoms with van der Waals surface area (Å²) in [5.41, 5.74) is 2.99. The zero-order valence-corrected chi connectivity index (χ0v) is 19.9. The fraction of sp³-hybridized carbons (Fsp3) is 0.259. The first-order valence-electron chi connectivity index (χ1n) is 11.2. The Morgan fingerprint density at radius 1 is 0.771 bits per heavy atom. The van der Waals surface area contributed by atoms with E-state index in [0.29, 0.717) is 28.5 Å². The predicted octanol–water partition coefficient (Wildman–Crippen LogP) is 4.07. The topological polar surface area (TPSA) is 77.5 Å². The highest BCUT2D eigenvalue weighted by Crippen LogP contribution is 2.50. The zero-order chi connectivity index (χ0) is 24.7. The van der Waals surface area contributed by atoms with Crippen molar-refractivity contribution in [3.8, 4) is 17.2 Å². The molecule has 3 aromatic rings. The maximum atomic E-state index is 13.8. The second-order valence-electron chi connectivity index (χ2n) is 8.46. The first-order valence-corrected chi connectivity index (χ1v) is 11.2. The Hall–Kier alpha value is -4.04. The number of aryl methyl sites for hydroxylation is 1. The fourth-order valence-corrected chi connectivity index (χ4v) is 4.77. The third-order valence-electron chi connectivity index (χ3n) is 6.45. The Morgan fingerprint density at radius 3 is 1.97 bits per heavy atom. The maximum Gasteiger partial charge on any atom is 0.266 e. The summed E-state index contributed by atoms with van der Waals surface area (Å²) in [4.78, 5) is 34.7. The summed E-state index contributed by atoms with van der Waals surface area (Å²) >= 11 is 0. The number of ether oxygens (including phenoxy) is 3. The van der Waals surface area contributed by atoms with Crippen molar-refractivity contribution in [2.75, 3.05) is 31.3 Å². The molecule has 35 heavy (non-hydrogen) atoms. The molecule has 0 aromatic heterocycles. The van der Waals surface area contributed by atoms with E-state index in [0.717, 1.165) is 11.3 Å². The average Bonchev–Trinajstić information content (AvgIpc) is 3.40. The molecule has 2 aliphatic heterocycles. The van der Waals surface area contributed by atoms with Crippen LogP contribution in [0.5, 0.6) is 17.2 Å². The van der Waals surface area contributed by atoms with Crippen molar-refractivity contribution in [3.63, 3.8) is 0 Å². The van der Waals surface area contributed by atoms with Gasteiger partial charge in [0.05, 0.1) is 38.7 Å². The molecule has 3 atom stereocenters. The van der Waals surface area contributed by atoms with Gasteiger partial charge in [-0.05, 0) is 48.9 Å². The van der Waals surface area contributed by atoms with Gasteiger partial charge >= 0.3 is 0 Å². The molecule has 2 aliphatic rings. The van der Waals surface area contributed by atoms with Crippen LogP contribution in [-0.4, -0.2) is 39.2 Å². The number of carbonyl (C=O) groups is 2. The molecule has 2 heterocycles. The monoisotopic (exact) mass is 474 g/mol. The van der Waals surface area contributed by atoms with E-state index in [-0.39, 0.29) is 11.8 Å². The Balaban J connectivity index is 1.64. The summed E-state index contributed by atoms with van der Waals surface area (Å²) in [5.74, 6) is -0.140. The molecule has 2 fully saturated rings. The summed E-state index contributed by atoms with van der Waals surface area (Å²) < 4.78 is 16.6. The number of para-hydroxylation sites is 1. The van der Waals surface area contributed by atoms with E-state index in [1.165, 1.54) is 26.2 Å². The molecule has 0 aliphatic carbocycles. The number of hydroxylamine groups is 1. The molecule has 5 rings (SSSR count). The maximum absolute atomic E-state index is 13.8. The van der Waals surface area contributed by atoms with Gasteiger partial charge in [-0.1, -0.05) is 35.9 Å². The highest BCUT2D eigenvalue weighted by atomic mass is 16.7. The van der Waals surface area contributed by atoms with Crippen molar-refractivity contribution in [2.45, 2.75) is 19.1 Å². The van der Waals surface area contributed by atoms with Crippen molar-refractivity contribution < 1.29 is 28.6 Å². The Kier molecular flexibility index (Phi) is 5.82. The SMILES string of the molecule is COc1cc([C@@H]2[C@H]3C(=O)N(c4ccc(C)cc4)C(=O)[C@@H]3ON2c2ccccc2)cc(OC)c1OC. The van der Waals surface area contributed by atoms with Crippen LogP contribution >= 0.6 is 0 Å². The lowest BCUT2D eigenvalue weighted by Gasteiger charge is -2.29. The second-order valence-corrected chi connectivity index (χ2v) is 8.46. The van der Waals surface area contributed by atoms with E-state index in [4.69, 9.17) is 19.0 Å². The van der Waals surface area contributed by atoms with Crippen molar-refractivity contribution in [2.24, 2.45) is 5.92 Å². The van der Waals surface area contributed by atoms with Crippen LogP contribution < -0.4 is 24.2 Å². The van der Waals surface area contributed by atoms with Crippen LogP contribution in [0.25, 0.3) is 0 Å². The van der Waals surface area contributed by atoms with Crippen LogP contribution in [0, 0.1) is 12.8 Å². The molecule has 0 radical (unpaired) electrons. The number of anilines is 2. The third kappa shape index (κ3) is 3.66. The number of hydrogen-bond acceptors (Lipinski definition) is 7. The number of carbonyl (C=O) groups excluding carboxylic acids is 2. The third-order valence-corrected chi connectivity index (χ3v) is 6.45. The van der Waals surface area contributed by atoms with E-state index < -0.39 is 18.1 Å². The van der Waals surface area contributed by atoms with Crippen LogP contribution in [-0.2, 0) is 14.4 Å². The highest BCUT2D eigenvalue weighted by molar-refractivity contribution is 6.23. The number of hydrogen-bond donors (Lipinski definition) is 0. The van der Waals surface area contributed by atoms with E-state index in [1.54, 1.807) is 29.3 Å². The summed E-state index contributed by atoms with van der Waals surface area (Å²) in [5, 5.41) is 1.64. The van der Waals surface area contributed by atoms with Gasteiger partial charge in [0.25, 0.3) is 5.91 Å². The average molecular weight is 475 g/mol. The summed E-state index contributed by atoms with van der Waals surface area (Å²) in [6, 6.07) is 19.7. The Morgan fingerprint density at radius 2 is 1.40 bits per heavy atom. The minimum absolute atomic E-state index is 0.318. The minimum Gasteiger partial charge on any atom is -0.493 e. The van der Waals surface area contributed by atoms with Gasteiger partial charge in [0.1, 0.15) is 5.92 Å². The number of amides is 2. The number of methoxy groups -OCH3 is 3. The standard InChI is InChI=1S/C27H26N2O6/c1-16-10-12-18(13-11-16)28-26(30)22-23(17-14-20(32-2)24(34-4)21(15-17)33-3)29(35-25(22)27(28)31)19-8-6-5-7-9-19/h5-15,22-23,25H,1-4H3/t22-,23-,25-/m1/s1. The smallest absolute Gasteiger partial charge is 0.266 e. The first-order chi connectivity index (χ1) is 17.0. The van der Waals surface area contributed by atoms with Crippen LogP contribution in [0.3, 0.4) is 0 Å². The van der Waals surface area contributed by atoms with E-state index in [9.17, 15) is 9.59 Å². The van der Waals surface area contributed by atoms with Gasteiger partial charge in [-0.3, -0.25) is 14.4 Å². The molecule has 8 heteroatoms. The number of benzene rings is 3. The molecular formula is C27H26N2O6. The molecule has 3 aromatic carbocycles. The van der Waals surface area contributed by atoms with E-state index in [2.05, 4.69) is 0 Å². The largest absolute Gasteiger partial charge is 0.493 e. The van der Waals surface area contributed by atoms with Gasteiger partial charge in [-0.15, -0.1) is 0 Å². The second kappa shape index (κ2) is 8.96. The molecule has 2 saturated heterocycles. The number of nitrogens with zero attached hydrogens (tertiary/aromatic N) is 2. The quantitative estimate of drug-likeness (QED) is 0.499.